The van der Waals surface area contributed by atoms with E-state index in [-0.39, 0.29) is 162 Å². The summed E-state index contributed by atoms with van der Waals surface area (Å²) in [5.41, 5.74) is 1.83. The summed E-state index contributed by atoms with van der Waals surface area (Å²) in [6.45, 7) is 5.48. The summed E-state index contributed by atoms with van der Waals surface area (Å²) >= 11 is 0. The van der Waals surface area contributed by atoms with Crippen LogP contribution in [0.25, 0.3) is 21.8 Å². The van der Waals surface area contributed by atoms with Crippen LogP contribution in [0.3, 0.4) is 0 Å². The summed E-state index contributed by atoms with van der Waals surface area (Å²) < 4.78 is 98.5. The van der Waals surface area contributed by atoms with E-state index in [0.29, 0.717) is 45.3 Å². The number of imidazole rings is 2. The van der Waals surface area contributed by atoms with Crippen molar-refractivity contribution in [3.05, 3.63) is 174 Å². The molecule has 0 spiro atoms. The van der Waals surface area contributed by atoms with Crippen LogP contribution in [0, 0.1) is 41.5 Å². The van der Waals surface area contributed by atoms with E-state index >= 15 is 0 Å². The molecule has 1 fully saturated rings. The molecule has 0 aliphatic carbocycles. The van der Waals surface area contributed by atoms with Gasteiger partial charge in [0.05, 0.1) is 59.5 Å². The van der Waals surface area contributed by atoms with Gasteiger partial charge in [0.15, 0.2) is 11.9 Å². The van der Waals surface area contributed by atoms with Crippen LogP contribution in [0.15, 0.2) is 117 Å². The van der Waals surface area contributed by atoms with Gasteiger partial charge in [-0.25, -0.2) is 26.8 Å². The number of carboxylic acid groups (broad SMARTS) is 4. The fourth-order valence-corrected chi connectivity index (χ4v) is 19.9. The number of rotatable bonds is 49. The summed E-state index contributed by atoms with van der Waals surface area (Å²) in [6.07, 6.45) is 5.00. The van der Waals surface area contributed by atoms with Gasteiger partial charge in [-0.15, -0.1) is 0 Å². The van der Waals surface area contributed by atoms with Crippen LogP contribution in [0.1, 0.15) is 104 Å². The number of Topliss-reactive ketones (excluding diaryl/α,β-unsaturated/α-hetero) is 1. The first-order chi connectivity index (χ1) is 65.4. The molecular formula is C87H115N21O28S3Y. The quantitative estimate of drug-likeness (QED) is 0.0103. The van der Waals surface area contributed by atoms with Gasteiger partial charge in [0.2, 0.25) is 60.4 Å². The van der Waals surface area contributed by atoms with Gasteiger partial charge in [0.25, 0.3) is 27.9 Å². The Balaban J connectivity index is 0.0000240. The molecule has 4 aromatic heterocycles. The Bertz CT molecular complexity index is 6280. The van der Waals surface area contributed by atoms with Crippen LogP contribution in [0.5, 0.6) is 0 Å². The van der Waals surface area contributed by atoms with E-state index in [4.69, 9.17) is 0 Å². The number of nitrogens with zero attached hydrogens (tertiary/aromatic N) is 8. The number of nitrogens with one attached hydrogen (secondary N) is 13. The van der Waals surface area contributed by atoms with Crippen LogP contribution in [-0.2, 0) is 137 Å². The van der Waals surface area contributed by atoms with Crippen LogP contribution in [-0.4, -0.2) is 332 Å². The number of pyridine rings is 2. The summed E-state index contributed by atoms with van der Waals surface area (Å²) in [5.74, 6) is -19.1. The maximum atomic E-state index is 14.9. The minimum Gasteiger partial charge on any atom is -0.480 e. The number of aromatic amines is 2. The number of ketones is 1. The number of aromatic nitrogens is 6. The zero-order valence-corrected chi connectivity index (χ0v) is 82.9. The van der Waals surface area contributed by atoms with Crippen LogP contribution >= 0.6 is 0 Å². The van der Waals surface area contributed by atoms with E-state index in [1.54, 1.807) is 88.6 Å². The van der Waals surface area contributed by atoms with E-state index in [1.165, 1.54) is 73.3 Å². The number of H-pyrrole nitrogens is 2. The van der Waals surface area contributed by atoms with Gasteiger partial charge in [-0.1, -0.05) is 47.5 Å². The molecule has 5 atom stereocenters. The fraction of sp³-hybridized carbons (Fsp3) is 0.448. The third-order valence-corrected chi connectivity index (χ3v) is 26.6. The molecule has 1 radical (unpaired) electrons. The minimum absolute atomic E-state index is 0. The predicted molar refractivity (Wildman–Crippen MR) is 500 cm³/mol. The normalized spacial score (nSPS) is 14.5. The minimum atomic E-state index is -5.28. The molecular weight excluding hydrogens is 1970 g/mol. The third kappa shape index (κ3) is 34.3. The van der Waals surface area contributed by atoms with E-state index in [1.807, 2.05) is 0 Å². The molecule has 1 saturated heterocycles. The Hall–Kier alpha value is -12.3. The molecule has 1 aliphatic heterocycles. The average molecular weight is 2090 g/mol. The van der Waals surface area contributed by atoms with Crippen LogP contribution in [0.4, 0.5) is 11.9 Å². The first-order valence-corrected chi connectivity index (χ1v) is 48.4. The van der Waals surface area contributed by atoms with Gasteiger partial charge < -0.3 is 103 Å². The number of carboxylic acids is 4. The molecule has 4 aromatic carbocycles. The number of aliphatic carboxylic acids is 4. The average Bonchev–Trinajstić information content (AvgIpc) is 0.913. The Labute approximate surface area is 828 Å². The van der Waals surface area contributed by atoms with E-state index in [9.17, 15) is 133 Å². The van der Waals surface area contributed by atoms with E-state index in [2.05, 4.69) is 77.2 Å². The largest absolute Gasteiger partial charge is 0.480 e. The second-order valence-electron chi connectivity index (χ2n) is 33.7. The number of aryl methyl sites for hydroxylation is 8. The van der Waals surface area contributed by atoms with Crippen molar-refractivity contribution < 1.29 is 156 Å². The smallest absolute Gasteiger partial charge is 0.323 e. The molecule has 21 N–H and O–H groups in total. The number of carbonyl (C=O) groups is 12. The monoisotopic (exact) mass is 2090 g/mol. The van der Waals surface area contributed by atoms with Gasteiger partial charge in [0, 0.05) is 192 Å². The van der Waals surface area contributed by atoms with Gasteiger partial charge in [-0.2, -0.15) is 17.9 Å². The van der Waals surface area contributed by atoms with Crippen LogP contribution in [0.2, 0.25) is 0 Å². The molecule has 5 heterocycles. The van der Waals surface area contributed by atoms with Crippen molar-refractivity contribution >= 4 is 135 Å². The summed E-state index contributed by atoms with van der Waals surface area (Å²) in [5, 5.41) is 93.4. The number of sulfonamides is 2. The molecule has 0 bridgehead atoms. The zero-order valence-electron chi connectivity index (χ0n) is 77.6. The molecule has 757 valence electrons. The number of amides is 7. The molecule has 53 heteroatoms. The third-order valence-electron chi connectivity index (χ3n) is 22.3. The maximum absolute atomic E-state index is 14.9. The number of hydrogen-bond acceptors (Lipinski definition) is 31. The van der Waals surface area contributed by atoms with Crippen molar-refractivity contribution in [2.45, 2.75) is 153 Å². The van der Waals surface area contributed by atoms with Crippen LogP contribution < -0.4 is 68.2 Å². The number of anilines is 2. The molecule has 0 unspecified atom stereocenters. The van der Waals surface area contributed by atoms with E-state index < -0.39 is 230 Å². The second-order valence-corrected chi connectivity index (χ2v) is 38.5. The summed E-state index contributed by atoms with van der Waals surface area (Å²) in [6, 6.07) is 5.77. The predicted octanol–water partition coefficient (Wildman–Crippen LogP) is -3.01. The maximum Gasteiger partial charge on any atom is 0.323 e. The van der Waals surface area contributed by atoms with Crippen molar-refractivity contribution in [1.82, 2.24) is 95.3 Å². The Morgan fingerprint density at radius 1 is 0.479 bits per heavy atom. The number of aliphatic hydroxyl groups is 3. The van der Waals surface area contributed by atoms with Crippen molar-refractivity contribution in [3.8, 4) is 0 Å². The first kappa shape index (κ1) is 113. The Kier molecular flexibility index (Phi) is 41.3. The molecule has 140 heavy (non-hydrogen) atoms. The van der Waals surface area contributed by atoms with Crippen molar-refractivity contribution in [2.24, 2.45) is 0 Å². The van der Waals surface area contributed by atoms with Crippen molar-refractivity contribution in [1.29, 1.82) is 0 Å². The number of hydrogen-bond donors (Lipinski definition) is 21. The number of carbonyl (C=O) groups excluding carboxylic acids is 8. The summed E-state index contributed by atoms with van der Waals surface area (Å²) in [7, 11) is -14.2. The SMILES string of the molecule is CC(=O)[C@H](CNC(=O)c1cn(CCCNC(=O)[C@H](CS(=O)(=O)O)NC(=O)[C@H](CCC(=O)N[C@@H](CC(O)(O)O)C(=O)NCCCn2cc(C(=O)NC[C@H](NS(=O)(=O)c3c(C)cc(C)cc3C)C(=O)O)c(=O)c3ccc(CNc4ncc[nH]4)cc32)NC(=O)CN2CCN(CC(=O)O)CCN(CC(=O)O)CCN(CC(=O)O)CC2)c2cc(CNc3ncc[nH]3)ccc2c1=O)NS(=O)(=O)c1c(C)cc(C)cc1C.[Y]. The molecule has 1 aliphatic rings. The van der Waals surface area contributed by atoms with Crippen molar-refractivity contribution in [2.75, 3.05) is 121 Å². The number of benzene rings is 4. The molecule has 7 amide bonds. The van der Waals surface area contributed by atoms with Crippen molar-refractivity contribution in [3.63, 3.8) is 0 Å². The van der Waals surface area contributed by atoms with E-state index in [0.717, 1.165) is 24.2 Å². The molecule has 9 rings (SSSR count). The molecule has 0 saturated carbocycles. The Morgan fingerprint density at radius 3 is 1.24 bits per heavy atom. The zero-order chi connectivity index (χ0) is 102. The summed E-state index contributed by atoms with van der Waals surface area (Å²) in [4.78, 5) is 211. The van der Waals surface area contributed by atoms with Gasteiger partial charge >= 0.3 is 23.9 Å². The molecule has 8 aromatic rings. The first-order valence-electron chi connectivity index (χ1n) is 43.8. The number of fused-ring (bicyclic) bond motifs is 2. The van der Waals surface area contributed by atoms with Gasteiger partial charge in [-0.3, -0.25) is 91.3 Å². The fourth-order valence-electron chi connectivity index (χ4n) is 15.9. The molecule has 49 nitrogen and oxygen atoms in total. The van der Waals surface area contributed by atoms with Gasteiger partial charge in [0.1, 0.15) is 46.8 Å². The topological polar surface area (TPSA) is 716 Å². The van der Waals surface area contributed by atoms with Gasteiger partial charge in [-0.05, 0) is 125 Å². The second kappa shape index (κ2) is 51.2. The standard InChI is InChI=1S/C87H115N21O28S3.Y/c1-50-32-52(3)77(53(4)33-50)138(133,134)101-65(56(7)109)41-94-79(120)61-43-108(68-36-57(10-12-59(68)75(61)118)39-96-85-90-18-19-91-85)23-9-17-89-82(123)67(49-137(130,131)132)100-83(124)63(98-71(111)45-103-24-26-104(46-72(112)113)28-30-106(48-74(116)117)31-29-105(27-25-103)47-73(114)115)14-15-70(110)99-64(38-87(127,128)129)81(122)88-16-8-22-107-44-62(76(119)60-13-11-58(37-69(60)107)40-97-86-92-20-21-93-86)80(121)95-42-66(84(125)126)102-139(135,136)78-54(5)34-51(2)35-55(78)6;/h10-13,18-21,32-37,43-44,63-67,101-102,127-129H,8-9,14-17,22-31,38-42,45-49H2,1-7H3,(H,88,122)(H,89,123)(H,94,120)(H,95,121)(H,98,111)(H,99,110)(H,100,124)(H,112,113)(H,114,115)(H,116,117)(H,125,126)(H2,90,91,96)(H2,92,93,97)(H,130,131,132);/t63-,64-,65-,66-,67-;/m0./s1. The Morgan fingerprint density at radius 2 is 0.864 bits per heavy atom.